The molecule has 0 amide bonds. The average molecular weight is 502 g/mol. The number of benzene rings is 2. The molecule has 144 valence electrons. The second kappa shape index (κ2) is 7.91. The number of nitrogens with zero attached hydrogens (tertiary/aromatic N) is 1. The van der Waals surface area contributed by atoms with Crippen molar-refractivity contribution in [2.75, 3.05) is 7.11 Å². The molecule has 0 radical (unpaired) electrons. The molecule has 0 fully saturated rings. The Morgan fingerprint density at radius 3 is 2.46 bits per heavy atom. The summed E-state index contributed by atoms with van der Waals surface area (Å²) < 4.78 is 10.5. The normalized spacial score (nSPS) is 11.4. The molecule has 0 saturated heterocycles. The molecule has 2 heterocycles. The minimum Gasteiger partial charge on any atom is -1.00 e. The van der Waals surface area contributed by atoms with E-state index in [-0.39, 0.29) is 22.7 Å². The number of carbonyl (C=O) groups is 1. The molecular formula is C20H13BrCl3NO3. The fourth-order valence-corrected chi connectivity index (χ4v) is 3.19. The molecule has 0 bridgehead atoms. The first-order valence-corrected chi connectivity index (χ1v) is 9.14. The fraction of sp³-hybridized carbons (Fsp3) is 0.100. The van der Waals surface area contributed by atoms with Crippen LogP contribution in [0.3, 0.4) is 0 Å². The van der Waals surface area contributed by atoms with Gasteiger partial charge in [0.15, 0.2) is 23.9 Å². The van der Waals surface area contributed by atoms with Gasteiger partial charge in [-0.1, -0.05) is 53.0 Å². The molecule has 0 N–H and O–H groups in total. The largest absolute Gasteiger partial charge is 1.00 e. The highest BCUT2D eigenvalue weighted by atomic mass is 79.9. The molecule has 0 unspecified atom stereocenters. The first-order valence-electron chi connectivity index (χ1n) is 8.01. The third-order valence-corrected chi connectivity index (χ3v) is 4.79. The van der Waals surface area contributed by atoms with Gasteiger partial charge in [0.2, 0.25) is 5.52 Å². The van der Waals surface area contributed by atoms with E-state index in [0.717, 1.165) is 21.7 Å². The molecule has 4 nitrogen and oxygen atoms in total. The Balaban J connectivity index is 0.00000225. The molecule has 0 aliphatic rings. The second-order valence-corrected chi connectivity index (χ2v) is 8.24. The Morgan fingerprint density at radius 1 is 1.00 bits per heavy atom. The molecule has 0 aliphatic heterocycles. The predicted octanol–water partition coefficient (Wildman–Crippen LogP) is 2.02. The Labute approximate surface area is 186 Å². The number of alkyl halides is 3. The lowest BCUT2D eigenvalue weighted by molar-refractivity contribution is -0.509. The number of fused-ring (bicyclic) bond motifs is 4. The number of methoxy groups -OCH3 is 1. The SMILES string of the molecule is COc1ccc2cc3c4ccccc4cc[n+]3cc2c1OC(=O)C(Cl)(Cl)Cl.[Br-]. The second-order valence-electron chi connectivity index (χ2n) is 5.96. The fourth-order valence-electron chi connectivity index (χ4n) is 3.08. The summed E-state index contributed by atoms with van der Waals surface area (Å²) in [4.78, 5) is 12.1. The summed E-state index contributed by atoms with van der Waals surface area (Å²) in [5.41, 5.74) is 1.02. The minimum atomic E-state index is -2.19. The van der Waals surface area contributed by atoms with Crippen molar-refractivity contribution in [3.8, 4) is 11.5 Å². The van der Waals surface area contributed by atoms with Gasteiger partial charge in [0.25, 0.3) is 3.79 Å². The topological polar surface area (TPSA) is 39.6 Å². The van der Waals surface area contributed by atoms with Crippen LogP contribution in [0, 0.1) is 0 Å². The molecular weight excluding hydrogens is 488 g/mol. The Bertz CT molecular complexity index is 1210. The van der Waals surface area contributed by atoms with E-state index in [1.807, 2.05) is 47.1 Å². The number of aromatic nitrogens is 1. The summed E-state index contributed by atoms with van der Waals surface area (Å²) in [6.07, 6.45) is 3.80. The zero-order valence-corrected chi connectivity index (χ0v) is 18.3. The molecule has 2 aromatic heterocycles. The third kappa shape index (κ3) is 3.72. The molecule has 0 aliphatic carbocycles. The van der Waals surface area contributed by atoms with Gasteiger partial charge >= 0.3 is 5.97 Å². The monoisotopic (exact) mass is 499 g/mol. The lowest BCUT2D eigenvalue weighted by Crippen LogP contribution is -3.00. The smallest absolute Gasteiger partial charge is 0.364 e. The predicted molar refractivity (Wildman–Crippen MR) is 107 cm³/mol. The number of carbonyl (C=O) groups excluding carboxylic acids is 1. The lowest BCUT2D eigenvalue weighted by Gasteiger charge is -2.14. The van der Waals surface area contributed by atoms with Crippen LogP contribution < -0.4 is 30.9 Å². The molecule has 0 spiro atoms. The van der Waals surface area contributed by atoms with E-state index in [9.17, 15) is 4.79 Å². The Morgan fingerprint density at radius 2 is 1.75 bits per heavy atom. The highest BCUT2D eigenvalue weighted by molar-refractivity contribution is 6.75. The van der Waals surface area contributed by atoms with Crippen molar-refractivity contribution in [1.29, 1.82) is 0 Å². The van der Waals surface area contributed by atoms with E-state index in [2.05, 4.69) is 12.1 Å². The molecule has 2 aromatic carbocycles. The van der Waals surface area contributed by atoms with Crippen molar-refractivity contribution >= 4 is 67.8 Å². The van der Waals surface area contributed by atoms with Crippen molar-refractivity contribution < 1.29 is 35.7 Å². The van der Waals surface area contributed by atoms with Crippen LogP contribution >= 0.6 is 34.8 Å². The quantitative estimate of drug-likeness (QED) is 0.105. The van der Waals surface area contributed by atoms with E-state index in [0.29, 0.717) is 11.1 Å². The number of esters is 1. The van der Waals surface area contributed by atoms with Crippen molar-refractivity contribution in [3.05, 3.63) is 60.9 Å². The van der Waals surface area contributed by atoms with Gasteiger partial charge in [0, 0.05) is 12.1 Å². The number of rotatable bonds is 2. The summed E-state index contributed by atoms with van der Waals surface area (Å²) in [5.74, 6) is -0.429. The summed E-state index contributed by atoms with van der Waals surface area (Å²) in [6, 6.07) is 15.7. The van der Waals surface area contributed by atoms with Gasteiger partial charge in [-0.15, -0.1) is 0 Å². The van der Waals surface area contributed by atoms with E-state index in [4.69, 9.17) is 44.3 Å². The highest BCUT2D eigenvalue weighted by Crippen LogP contribution is 2.38. The third-order valence-electron chi connectivity index (χ3n) is 4.33. The van der Waals surface area contributed by atoms with Crippen LogP contribution in [-0.4, -0.2) is 16.9 Å². The molecule has 28 heavy (non-hydrogen) atoms. The zero-order chi connectivity index (χ0) is 19.2. The van der Waals surface area contributed by atoms with Crippen LogP contribution in [0.2, 0.25) is 0 Å². The lowest BCUT2D eigenvalue weighted by atomic mass is 10.1. The zero-order valence-electron chi connectivity index (χ0n) is 14.5. The number of pyridine rings is 2. The number of ether oxygens (including phenoxy) is 2. The van der Waals surface area contributed by atoms with Gasteiger partial charge in [-0.25, -0.2) is 4.79 Å². The van der Waals surface area contributed by atoms with Crippen LogP contribution in [0.5, 0.6) is 11.5 Å². The van der Waals surface area contributed by atoms with Crippen LogP contribution in [0.4, 0.5) is 0 Å². The molecule has 8 heteroatoms. The van der Waals surface area contributed by atoms with Gasteiger partial charge in [0.05, 0.1) is 17.9 Å². The summed E-state index contributed by atoms with van der Waals surface area (Å²) >= 11 is 17.0. The van der Waals surface area contributed by atoms with Gasteiger partial charge in [-0.3, -0.25) is 0 Å². The number of halogens is 4. The summed E-state index contributed by atoms with van der Waals surface area (Å²) in [7, 11) is 1.48. The van der Waals surface area contributed by atoms with E-state index < -0.39 is 9.76 Å². The maximum atomic E-state index is 12.1. The van der Waals surface area contributed by atoms with Crippen LogP contribution in [0.15, 0.2) is 60.9 Å². The minimum absolute atomic E-state index is 0. The maximum Gasteiger partial charge on any atom is 0.364 e. The Hall–Kier alpha value is -1.79. The number of hydrogen-bond donors (Lipinski definition) is 0. The van der Waals surface area contributed by atoms with E-state index in [1.54, 1.807) is 6.07 Å². The number of hydrogen-bond acceptors (Lipinski definition) is 3. The van der Waals surface area contributed by atoms with Crippen molar-refractivity contribution in [3.63, 3.8) is 0 Å². The first-order chi connectivity index (χ1) is 12.9. The van der Waals surface area contributed by atoms with Crippen LogP contribution in [0.25, 0.3) is 27.1 Å². The van der Waals surface area contributed by atoms with E-state index >= 15 is 0 Å². The van der Waals surface area contributed by atoms with Gasteiger partial charge in [-0.2, -0.15) is 4.40 Å². The van der Waals surface area contributed by atoms with Crippen molar-refractivity contribution in [2.24, 2.45) is 0 Å². The van der Waals surface area contributed by atoms with Gasteiger partial charge in [-0.05, 0) is 29.0 Å². The molecule has 4 aromatic rings. The average Bonchev–Trinajstić information content (AvgIpc) is 2.66. The van der Waals surface area contributed by atoms with Crippen molar-refractivity contribution in [2.45, 2.75) is 3.79 Å². The van der Waals surface area contributed by atoms with E-state index in [1.165, 1.54) is 7.11 Å². The van der Waals surface area contributed by atoms with Gasteiger partial charge < -0.3 is 26.5 Å². The van der Waals surface area contributed by atoms with Gasteiger partial charge in [0.1, 0.15) is 0 Å². The summed E-state index contributed by atoms with van der Waals surface area (Å²) in [6.45, 7) is 0. The highest BCUT2D eigenvalue weighted by Gasteiger charge is 2.34. The standard InChI is InChI=1S/C20H13Cl3NO3.BrH/c1-26-17-7-6-13-10-16-14-5-3-2-4-12(14)8-9-24(16)11-15(13)18(17)27-19(25)20(21,22)23;/h2-11H,1H3;1H/q+1;/p-1. The van der Waals surface area contributed by atoms with Crippen LogP contribution in [-0.2, 0) is 4.79 Å². The molecule has 0 saturated carbocycles. The Kier molecular flexibility index (Phi) is 5.92. The van der Waals surface area contributed by atoms with Crippen molar-refractivity contribution in [1.82, 2.24) is 0 Å². The summed E-state index contributed by atoms with van der Waals surface area (Å²) in [5, 5.41) is 3.76. The molecule has 0 atom stereocenters. The molecule has 4 rings (SSSR count). The van der Waals surface area contributed by atoms with Crippen LogP contribution in [0.1, 0.15) is 0 Å². The maximum absolute atomic E-state index is 12.1. The first kappa shape index (κ1) is 20.9.